The lowest BCUT2D eigenvalue weighted by Gasteiger charge is -2.15. The Balaban J connectivity index is 2.31. The molecule has 88 valence electrons. The van der Waals surface area contributed by atoms with Crippen molar-refractivity contribution < 1.29 is 9.00 Å². The van der Waals surface area contributed by atoms with Gasteiger partial charge >= 0.3 is 0 Å². The van der Waals surface area contributed by atoms with Gasteiger partial charge in [0.1, 0.15) is 0 Å². The van der Waals surface area contributed by atoms with Crippen molar-refractivity contribution in [2.24, 2.45) is 0 Å². The molecule has 1 heterocycles. The Morgan fingerprint density at radius 3 is 2.88 bits per heavy atom. The molecule has 0 bridgehead atoms. The van der Waals surface area contributed by atoms with Crippen LogP contribution in [0, 0.1) is 6.92 Å². The van der Waals surface area contributed by atoms with Crippen molar-refractivity contribution >= 4 is 16.6 Å². The Hall–Kier alpha value is -0.900. The van der Waals surface area contributed by atoms with E-state index in [9.17, 15) is 9.00 Å². The van der Waals surface area contributed by atoms with Gasteiger partial charge in [-0.25, -0.2) is 0 Å². The number of carbonyl (C=O) groups excluding carboxylic acids is 1. The molecule has 0 aliphatic heterocycles. The van der Waals surface area contributed by atoms with Gasteiger partial charge in [-0.1, -0.05) is 0 Å². The lowest BCUT2D eigenvalue weighted by Crippen LogP contribution is -2.16. The SMILES string of the molecule is Cc1cc2c(n1CCS(C)=O)CCCC2=O. The van der Waals surface area contributed by atoms with Gasteiger partial charge in [-0.15, -0.1) is 0 Å². The Morgan fingerprint density at radius 1 is 1.44 bits per heavy atom. The van der Waals surface area contributed by atoms with Crippen LogP contribution in [0.25, 0.3) is 0 Å². The lowest BCUT2D eigenvalue weighted by atomic mass is 9.97. The van der Waals surface area contributed by atoms with E-state index in [0.717, 1.165) is 36.3 Å². The van der Waals surface area contributed by atoms with Gasteiger partial charge in [0.05, 0.1) is 0 Å². The van der Waals surface area contributed by atoms with E-state index in [1.54, 1.807) is 6.26 Å². The number of ketones is 1. The number of fused-ring (bicyclic) bond motifs is 1. The predicted molar refractivity (Wildman–Crippen MR) is 65.4 cm³/mol. The molecule has 0 fully saturated rings. The van der Waals surface area contributed by atoms with Gasteiger partial charge in [0.15, 0.2) is 5.78 Å². The number of aromatic nitrogens is 1. The summed E-state index contributed by atoms with van der Waals surface area (Å²) >= 11 is 0. The molecule has 0 radical (unpaired) electrons. The van der Waals surface area contributed by atoms with Crippen molar-refractivity contribution in [3.05, 3.63) is 23.0 Å². The molecule has 2 rings (SSSR count). The third kappa shape index (κ3) is 2.12. The maximum Gasteiger partial charge on any atom is 0.164 e. The fourth-order valence-corrected chi connectivity index (χ4v) is 2.76. The highest BCUT2D eigenvalue weighted by Gasteiger charge is 2.22. The van der Waals surface area contributed by atoms with Crippen LogP contribution in [0.4, 0.5) is 0 Å². The quantitative estimate of drug-likeness (QED) is 0.805. The molecule has 0 spiro atoms. The molecule has 0 amide bonds. The molecule has 1 aliphatic carbocycles. The molecular weight excluding hydrogens is 222 g/mol. The van der Waals surface area contributed by atoms with Crippen LogP contribution in [0.3, 0.4) is 0 Å². The summed E-state index contributed by atoms with van der Waals surface area (Å²) in [6.45, 7) is 2.78. The van der Waals surface area contributed by atoms with Crippen molar-refractivity contribution in [2.45, 2.75) is 32.7 Å². The normalized spacial score (nSPS) is 17.2. The zero-order valence-corrected chi connectivity index (χ0v) is 10.6. The van der Waals surface area contributed by atoms with Gasteiger partial charge in [-0.2, -0.15) is 0 Å². The summed E-state index contributed by atoms with van der Waals surface area (Å²) in [4.78, 5) is 11.7. The molecule has 3 nitrogen and oxygen atoms in total. The second-order valence-electron chi connectivity index (χ2n) is 4.35. The van der Waals surface area contributed by atoms with E-state index >= 15 is 0 Å². The average Bonchev–Trinajstić information content (AvgIpc) is 2.53. The molecule has 1 aromatic rings. The Labute approximate surface area is 98.3 Å². The first-order valence-corrected chi connectivity index (χ1v) is 7.34. The first-order chi connectivity index (χ1) is 7.59. The summed E-state index contributed by atoms with van der Waals surface area (Å²) in [6.07, 6.45) is 4.32. The smallest absolute Gasteiger partial charge is 0.164 e. The lowest BCUT2D eigenvalue weighted by molar-refractivity contribution is 0.0972. The van der Waals surface area contributed by atoms with Crippen molar-refractivity contribution in [3.8, 4) is 0 Å². The van der Waals surface area contributed by atoms with Crippen LogP contribution < -0.4 is 0 Å². The van der Waals surface area contributed by atoms with Gasteiger partial charge in [-0.3, -0.25) is 9.00 Å². The van der Waals surface area contributed by atoms with Gasteiger partial charge < -0.3 is 4.57 Å². The third-order valence-corrected chi connectivity index (χ3v) is 3.89. The first-order valence-electron chi connectivity index (χ1n) is 5.62. The molecule has 0 saturated heterocycles. The number of hydrogen-bond acceptors (Lipinski definition) is 2. The summed E-state index contributed by atoms with van der Waals surface area (Å²) in [6, 6.07) is 1.98. The number of Topliss-reactive ketones (excluding diaryl/α,β-unsaturated/α-hetero) is 1. The highest BCUT2D eigenvalue weighted by molar-refractivity contribution is 7.84. The highest BCUT2D eigenvalue weighted by atomic mass is 32.2. The Morgan fingerprint density at radius 2 is 2.19 bits per heavy atom. The van der Waals surface area contributed by atoms with Crippen LogP contribution in [0.2, 0.25) is 0 Å². The summed E-state index contributed by atoms with van der Waals surface area (Å²) in [5, 5.41) is 0. The van der Waals surface area contributed by atoms with Crippen molar-refractivity contribution in [3.63, 3.8) is 0 Å². The van der Waals surface area contributed by atoms with Crippen molar-refractivity contribution in [1.29, 1.82) is 0 Å². The molecule has 0 aromatic carbocycles. The number of aryl methyl sites for hydroxylation is 1. The maximum absolute atomic E-state index is 11.7. The highest BCUT2D eigenvalue weighted by Crippen LogP contribution is 2.24. The predicted octanol–water partition coefficient (Wildman–Crippen LogP) is 1.69. The second kappa shape index (κ2) is 4.53. The van der Waals surface area contributed by atoms with Crippen LogP contribution in [0.5, 0.6) is 0 Å². The summed E-state index contributed by atoms with van der Waals surface area (Å²) < 4.78 is 13.3. The van der Waals surface area contributed by atoms with Crippen molar-refractivity contribution in [1.82, 2.24) is 4.57 Å². The molecule has 1 atom stereocenters. The summed E-state index contributed by atoms with van der Waals surface area (Å²) in [5.41, 5.74) is 3.16. The van der Waals surface area contributed by atoms with Gasteiger partial charge in [-0.05, 0) is 25.8 Å². The monoisotopic (exact) mass is 239 g/mol. The number of nitrogens with zero attached hydrogens (tertiary/aromatic N) is 1. The zero-order chi connectivity index (χ0) is 11.7. The molecule has 1 aromatic heterocycles. The van der Waals surface area contributed by atoms with E-state index in [1.807, 2.05) is 13.0 Å². The van der Waals surface area contributed by atoms with Crippen LogP contribution >= 0.6 is 0 Å². The van der Waals surface area contributed by atoms with E-state index in [4.69, 9.17) is 0 Å². The van der Waals surface area contributed by atoms with Crippen molar-refractivity contribution in [2.75, 3.05) is 12.0 Å². The second-order valence-corrected chi connectivity index (χ2v) is 5.91. The number of hydrogen-bond donors (Lipinski definition) is 0. The zero-order valence-electron chi connectivity index (χ0n) is 9.78. The third-order valence-electron chi connectivity index (χ3n) is 3.14. The fraction of sp³-hybridized carbons (Fsp3) is 0.583. The number of carbonyl (C=O) groups is 1. The van der Waals surface area contributed by atoms with Crippen LogP contribution in [0.15, 0.2) is 6.07 Å². The molecule has 0 saturated carbocycles. The minimum Gasteiger partial charge on any atom is -0.347 e. The summed E-state index contributed by atoms with van der Waals surface area (Å²) in [7, 11) is -0.774. The standard InChI is InChI=1S/C12H17NO2S/c1-9-8-10-11(4-3-5-12(10)14)13(9)6-7-16(2)15/h8H,3-7H2,1-2H3. The molecule has 1 unspecified atom stereocenters. The largest absolute Gasteiger partial charge is 0.347 e. The Kier molecular flexibility index (Phi) is 3.28. The molecule has 4 heteroatoms. The molecular formula is C12H17NO2S. The topological polar surface area (TPSA) is 39.1 Å². The van der Waals surface area contributed by atoms with E-state index in [2.05, 4.69) is 4.57 Å². The Bertz CT molecular complexity index is 448. The van der Waals surface area contributed by atoms with E-state index in [1.165, 1.54) is 0 Å². The van der Waals surface area contributed by atoms with Crippen LogP contribution in [0.1, 0.15) is 34.6 Å². The molecule has 0 N–H and O–H groups in total. The van der Waals surface area contributed by atoms with E-state index in [0.29, 0.717) is 12.2 Å². The van der Waals surface area contributed by atoms with Crippen LogP contribution in [-0.2, 0) is 23.8 Å². The van der Waals surface area contributed by atoms with Gasteiger partial charge in [0, 0.05) is 52.7 Å². The van der Waals surface area contributed by atoms with Crippen LogP contribution in [-0.4, -0.2) is 26.6 Å². The van der Waals surface area contributed by atoms with Gasteiger partial charge in [0.25, 0.3) is 0 Å². The minimum absolute atomic E-state index is 0.265. The molecule has 1 aliphatic rings. The summed E-state index contributed by atoms with van der Waals surface area (Å²) in [5.74, 6) is 0.927. The number of rotatable bonds is 3. The molecule has 16 heavy (non-hydrogen) atoms. The minimum atomic E-state index is -0.774. The first kappa shape index (κ1) is 11.6. The fourth-order valence-electron chi connectivity index (χ4n) is 2.32. The maximum atomic E-state index is 11.7. The van der Waals surface area contributed by atoms with Gasteiger partial charge in [0.2, 0.25) is 0 Å². The average molecular weight is 239 g/mol. The van der Waals surface area contributed by atoms with E-state index < -0.39 is 10.8 Å². The van der Waals surface area contributed by atoms with E-state index in [-0.39, 0.29) is 5.78 Å².